The molecule has 0 radical (unpaired) electrons. The predicted octanol–water partition coefficient (Wildman–Crippen LogP) is 6.91. The van der Waals surface area contributed by atoms with E-state index in [2.05, 4.69) is 57.0 Å². The summed E-state index contributed by atoms with van der Waals surface area (Å²) in [5, 5.41) is 0. The van der Waals surface area contributed by atoms with Gasteiger partial charge in [0.2, 0.25) is 0 Å². The van der Waals surface area contributed by atoms with Crippen molar-refractivity contribution in [1.29, 1.82) is 0 Å². The van der Waals surface area contributed by atoms with E-state index in [9.17, 15) is 0 Å². The molecular formula is C14H30S4. The van der Waals surface area contributed by atoms with E-state index in [4.69, 9.17) is 0 Å². The molecule has 0 N–H and O–H groups in total. The zero-order chi connectivity index (χ0) is 13.3. The molecule has 0 aliphatic rings. The SMILES string of the molecule is CCCCCSSCCCCSSCCCCC. The van der Waals surface area contributed by atoms with E-state index in [-0.39, 0.29) is 0 Å². The Hall–Kier alpha value is 1.40. The average molecular weight is 327 g/mol. The Morgan fingerprint density at radius 1 is 0.444 bits per heavy atom. The third kappa shape index (κ3) is 17.4. The highest BCUT2D eigenvalue weighted by molar-refractivity contribution is 8.77. The van der Waals surface area contributed by atoms with E-state index in [0.29, 0.717) is 0 Å². The first-order chi connectivity index (χ1) is 8.91. The molecule has 0 aliphatic carbocycles. The van der Waals surface area contributed by atoms with Gasteiger partial charge in [0.25, 0.3) is 0 Å². The van der Waals surface area contributed by atoms with Crippen LogP contribution in [0.2, 0.25) is 0 Å². The minimum atomic E-state index is 1.35. The summed E-state index contributed by atoms with van der Waals surface area (Å²) in [6.07, 6.45) is 11.1. The summed E-state index contributed by atoms with van der Waals surface area (Å²) in [5.41, 5.74) is 0. The van der Waals surface area contributed by atoms with Crippen LogP contribution in [0.1, 0.15) is 65.2 Å². The van der Waals surface area contributed by atoms with Crippen molar-refractivity contribution in [3.63, 3.8) is 0 Å². The molecule has 0 heterocycles. The standard InChI is InChI=1S/C14H30S4/c1-3-5-7-11-15-17-13-9-10-14-18-16-12-8-6-4-2/h3-14H2,1-2H3. The van der Waals surface area contributed by atoms with Crippen LogP contribution in [-0.2, 0) is 0 Å². The van der Waals surface area contributed by atoms with Gasteiger partial charge in [0.05, 0.1) is 0 Å². The molecule has 110 valence electrons. The maximum atomic E-state index is 2.27. The van der Waals surface area contributed by atoms with Gasteiger partial charge in [-0.05, 0) is 25.7 Å². The first-order valence-electron chi connectivity index (χ1n) is 7.40. The van der Waals surface area contributed by atoms with Gasteiger partial charge in [-0.1, -0.05) is 82.7 Å². The molecule has 0 rings (SSSR count). The van der Waals surface area contributed by atoms with Gasteiger partial charge in [-0.25, -0.2) is 0 Å². The smallest absolute Gasteiger partial charge is 0.00372 e. The van der Waals surface area contributed by atoms with E-state index in [0.717, 1.165) is 0 Å². The van der Waals surface area contributed by atoms with Crippen molar-refractivity contribution in [2.24, 2.45) is 0 Å². The average Bonchev–Trinajstić information content (AvgIpc) is 2.39. The molecule has 0 aromatic heterocycles. The third-order valence-electron chi connectivity index (χ3n) is 2.53. The van der Waals surface area contributed by atoms with Crippen LogP contribution in [0.25, 0.3) is 0 Å². The molecule has 0 aliphatic heterocycles. The largest absolute Gasteiger partial charge is 0.0942 e. The fourth-order valence-corrected chi connectivity index (χ4v) is 5.97. The first kappa shape index (κ1) is 19.4. The minimum absolute atomic E-state index is 1.35. The van der Waals surface area contributed by atoms with Crippen molar-refractivity contribution in [1.82, 2.24) is 0 Å². The minimum Gasteiger partial charge on any atom is -0.0942 e. The van der Waals surface area contributed by atoms with E-state index >= 15 is 0 Å². The summed E-state index contributed by atoms with van der Waals surface area (Å²) in [5.74, 6) is 5.39. The highest BCUT2D eigenvalue weighted by Crippen LogP contribution is 2.26. The summed E-state index contributed by atoms with van der Waals surface area (Å²) >= 11 is 0. The molecule has 0 saturated carbocycles. The Morgan fingerprint density at radius 2 is 0.722 bits per heavy atom. The van der Waals surface area contributed by atoms with E-state index in [1.807, 2.05) is 0 Å². The molecule has 0 atom stereocenters. The Labute approximate surface area is 131 Å². The Morgan fingerprint density at radius 3 is 1.00 bits per heavy atom. The van der Waals surface area contributed by atoms with Gasteiger partial charge in [0.1, 0.15) is 0 Å². The summed E-state index contributed by atoms with van der Waals surface area (Å²) in [6, 6.07) is 0. The van der Waals surface area contributed by atoms with Crippen LogP contribution in [0.4, 0.5) is 0 Å². The second kappa shape index (κ2) is 18.4. The molecule has 0 unspecified atom stereocenters. The monoisotopic (exact) mass is 326 g/mol. The summed E-state index contributed by atoms with van der Waals surface area (Å²) in [7, 11) is 8.31. The zero-order valence-electron chi connectivity index (χ0n) is 12.1. The fraction of sp³-hybridized carbons (Fsp3) is 1.00. The van der Waals surface area contributed by atoms with Crippen molar-refractivity contribution in [2.45, 2.75) is 65.2 Å². The van der Waals surface area contributed by atoms with Crippen molar-refractivity contribution in [3.8, 4) is 0 Å². The maximum absolute atomic E-state index is 2.27. The summed E-state index contributed by atoms with van der Waals surface area (Å²) in [4.78, 5) is 0. The lowest BCUT2D eigenvalue weighted by Gasteiger charge is -2.02. The van der Waals surface area contributed by atoms with Crippen molar-refractivity contribution in [3.05, 3.63) is 0 Å². The Kier molecular flexibility index (Phi) is 19.8. The summed E-state index contributed by atoms with van der Waals surface area (Å²) < 4.78 is 0. The van der Waals surface area contributed by atoms with Crippen LogP contribution in [0.5, 0.6) is 0 Å². The van der Waals surface area contributed by atoms with Crippen LogP contribution < -0.4 is 0 Å². The molecule has 0 saturated heterocycles. The molecule has 0 aromatic carbocycles. The number of hydrogen-bond acceptors (Lipinski definition) is 4. The van der Waals surface area contributed by atoms with Crippen LogP contribution in [0.3, 0.4) is 0 Å². The maximum Gasteiger partial charge on any atom is 0.00372 e. The quantitative estimate of drug-likeness (QED) is 0.237. The molecule has 18 heavy (non-hydrogen) atoms. The predicted molar refractivity (Wildman–Crippen MR) is 98.1 cm³/mol. The number of rotatable bonds is 15. The van der Waals surface area contributed by atoms with Gasteiger partial charge in [0.15, 0.2) is 0 Å². The topological polar surface area (TPSA) is 0 Å². The van der Waals surface area contributed by atoms with Crippen molar-refractivity contribution >= 4 is 43.2 Å². The lowest BCUT2D eigenvalue weighted by atomic mass is 10.3. The van der Waals surface area contributed by atoms with Gasteiger partial charge in [-0.2, -0.15) is 0 Å². The van der Waals surface area contributed by atoms with Crippen molar-refractivity contribution in [2.75, 3.05) is 23.0 Å². The molecule has 0 amide bonds. The van der Waals surface area contributed by atoms with Crippen LogP contribution >= 0.6 is 43.2 Å². The zero-order valence-corrected chi connectivity index (χ0v) is 15.4. The van der Waals surface area contributed by atoms with E-state index in [1.165, 1.54) is 74.4 Å². The molecule has 0 bridgehead atoms. The molecular weight excluding hydrogens is 296 g/mol. The molecule has 4 heteroatoms. The second-order valence-electron chi connectivity index (χ2n) is 4.41. The number of unbranched alkanes of at least 4 members (excludes halogenated alkanes) is 5. The lowest BCUT2D eigenvalue weighted by Crippen LogP contribution is -1.83. The molecule has 0 fully saturated rings. The second-order valence-corrected chi connectivity index (χ2v) is 9.81. The molecule has 0 nitrogen and oxygen atoms in total. The molecule has 0 aromatic rings. The highest BCUT2D eigenvalue weighted by Gasteiger charge is 1.94. The third-order valence-corrected chi connectivity index (χ3v) is 7.69. The van der Waals surface area contributed by atoms with E-state index in [1.54, 1.807) is 0 Å². The van der Waals surface area contributed by atoms with Crippen LogP contribution in [0.15, 0.2) is 0 Å². The van der Waals surface area contributed by atoms with Gasteiger partial charge < -0.3 is 0 Å². The van der Waals surface area contributed by atoms with Crippen molar-refractivity contribution < 1.29 is 0 Å². The molecule has 0 spiro atoms. The first-order valence-corrected chi connectivity index (χ1v) is 12.4. The van der Waals surface area contributed by atoms with Gasteiger partial charge in [-0.15, -0.1) is 0 Å². The van der Waals surface area contributed by atoms with Gasteiger partial charge in [0, 0.05) is 23.0 Å². The van der Waals surface area contributed by atoms with E-state index < -0.39 is 0 Å². The Bertz CT molecular complexity index is 126. The summed E-state index contributed by atoms with van der Waals surface area (Å²) in [6.45, 7) is 4.55. The van der Waals surface area contributed by atoms with Gasteiger partial charge in [-0.3, -0.25) is 0 Å². The normalized spacial score (nSPS) is 11.0. The van der Waals surface area contributed by atoms with Crippen LogP contribution in [0, 0.1) is 0 Å². The number of hydrogen-bond donors (Lipinski definition) is 0. The highest BCUT2D eigenvalue weighted by atomic mass is 33.1. The van der Waals surface area contributed by atoms with Crippen LogP contribution in [-0.4, -0.2) is 23.0 Å². The Balaban J connectivity index is 2.86. The fourth-order valence-electron chi connectivity index (χ4n) is 1.38. The lowest BCUT2D eigenvalue weighted by molar-refractivity contribution is 0.779. The van der Waals surface area contributed by atoms with Gasteiger partial charge >= 0.3 is 0 Å².